The van der Waals surface area contributed by atoms with Crippen molar-refractivity contribution in [2.75, 3.05) is 18.5 Å². The maximum Gasteiger partial charge on any atom is 0.267 e. The monoisotopic (exact) mass is 435 g/mol. The predicted molar refractivity (Wildman–Crippen MR) is 118 cm³/mol. The molecule has 7 nitrogen and oxygen atoms in total. The molecule has 0 saturated carbocycles. The molecule has 32 heavy (non-hydrogen) atoms. The van der Waals surface area contributed by atoms with E-state index in [1.165, 1.54) is 34.9 Å². The van der Waals surface area contributed by atoms with Crippen molar-refractivity contribution in [3.63, 3.8) is 0 Å². The molecule has 2 heterocycles. The number of hydrogen-bond donors (Lipinski definition) is 2. The van der Waals surface area contributed by atoms with Gasteiger partial charge in [0.2, 0.25) is 0 Å². The summed E-state index contributed by atoms with van der Waals surface area (Å²) in [4.78, 5) is 37.6. The number of nitrogens with zero attached hydrogens (tertiary/aromatic N) is 1. The van der Waals surface area contributed by atoms with Gasteiger partial charge in [0.15, 0.2) is 0 Å². The Bertz CT molecular complexity index is 1170. The van der Waals surface area contributed by atoms with Gasteiger partial charge in [-0.2, -0.15) is 0 Å². The van der Waals surface area contributed by atoms with Gasteiger partial charge in [-0.15, -0.1) is 0 Å². The largest absolute Gasteiger partial charge is 0.376 e. The molecule has 2 aromatic carbocycles. The Hall–Kier alpha value is -3.78. The zero-order chi connectivity index (χ0) is 22.5. The molecule has 1 aromatic heterocycles. The highest BCUT2D eigenvalue weighted by molar-refractivity contribution is 6.04. The highest BCUT2D eigenvalue weighted by Gasteiger charge is 2.18. The zero-order valence-corrected chi connectivity index (χ0v) is 17.2. The minimum atomic E-state index is -0.444. The normalized spacial score (nSPS) is 15.3. The molecule has 1 saturated heterocycles. The number of hydrogen-bond acceptors (Lipinski definition) is 4. The van der Waals surface area contributed by atoms with E-state index in [2.05, 4.69) is 10.6 Å². The summed E-state index contributed by atoms with van der Waals surface area (Å²) in [5.74, 6) is -1.23. The average molecular weight is 435 g/mol. The van der Waals surface area contributed by atoms with Crippen molar-refractivity contribution in [3.8, 4) is 5.69 Å². The summed E-state index contributed by atoms with van der Waals surface area (Å²) in [6, 6.07) is 15.0. The van der Waals surface area contributed by atoms with E-state index >= 15 is 0 Å². The average Bonchev–Trinajstić information content (AvgIpc) is 3.32. The highest BCUT2D eigenvalue weighted by atomic mass is 19.1. The highest BCUT2D eigenvalue weighted by Crippen LogP contribution is 2.14. The molecule has 1 fully saturated rings. The van der Waals surface area contributed by atoms with Crippen LogP contribution in [-0.2, 0) is 4.74 Å². The van der Waals surface area contributed by atoms with Crippen LogP contribution in [0.15, 0.2) is 71.7 Å². The number of carbonyl (C=O) groups excluding carboxylic acids is 2. The fourth-order valence-corrected chi connectivity index (χ4v) is 3.49. The van der Waals surface area contributed by atoms with Gasteiger partial charge in [0.05, 0.1) is 6.10 Å². The molecule has 0 aliphatic carbocycles. The molecule has 1 aliphatic rings. The van der Waals surface area contributed by atoms with Crippen molar-refractivity contribution in [2.45, 2.75) is 18.9 Å². The third-order valence-corrected chi connectivity index (χ3v) is 5.22. The standard InChI is InChI=1S/C24H22FN3O4/c25-17-7-5-16(6-8-17)22(29)27-18-9-11-19(12-10-18)28-13-1-4-21(24(28)31)23(30)26-15-20-3-2-14-32-20/h1,4-13,20H,2-3,14-15H2,(H,26,30)(H,27,29). The molecular weight excluding hydrogens is 413 g/mol. The second kappa shape index (κ2) is 9.57. The minimum absolute atomic E-state index is 0.0115. The third kappa shape index (κ3) is 4.92. The van der Waals surface area contributed by atoms with Gasteiger partial charge in [0, 0.05) is 36.3 Å². The molecular formula is C24H22FN3O4. The quantitative estimate of drug-likeness (QED) is 0.623. The third-order valence-electron chi connectivity index (χ3n) is 5.22. The van der Waals surface area contributed by atoms with Crippen LogP contribution in [0.25, 0.3) is 5.69 Å². The summed E-state index contributed by atoms with van der Waals surface area (Å²) in [5.41, 5.74) is 0.984. The van der Waals surface area contributed by atoms with Crippen LogP contribution in [0.1, 0.15) is 33.6 Å². The topological polar surface area (TPSA) is 89.4 Å². The number of pyridine rings is 1. The van der Waals surface area contributed by atoms with Crippen LogP contribution >= 0.6 is 0 Å². The number of carbonyl (C=O) groups is 2. The fraction of sp³-hybridized carbons (Fsp3) is 0.208. The first-order chi connectivity index (χ1) is 15.5. The summed E-state index contributed by atoms with van der Waals surface area (Å²) in [6.07, 6.45) is 3.43. The van der Waals surface area contributed by atoms with Gasteiger partial charge in [-0.25, -0.2) is 4.39 Å². The van der Waals surface area contributed by atoms with Crippen molar-refractivity contribution < 1.29 is 18.7 Å². The van der Waals surface area contributed by atoms with Gasteiger partial charge >= 0.3 is 0 Å². The number of ether oxygens (including phenoxy) is 1. The Labute approximate surface area is 183 Å². The summed E-state index contributed by atoms with van der Waals surface area (Å²) in [6.45, 7) is 1.06. The maximum atomic E-state index is 13.0. The van der Waals surface area contributed by atoms with Gasteiger partial charge < -0.3 is 15.4 Å². The van der Waals surface area contributed by atoms with E-state index in [9.17, 15) is 18.8 Å². The van der Waals surface area contributed by atoms with Gasteiger partial charge in [-0.05, 0) is 73.5 Å². The van der Waals surface area contributed by atoms with Crippen molar-refractivity contribution in [2.24, 2.45) is 0 Å². The minimum Gasteiger partial charge on any atom is -0.376 e. The lowest BCUT2D eigenvalue weighted by Crippen LogP contribution is -2.36. The predicted octanol–water partition coefficient (Wildman–Crippen LogP) is 3.14. The Morgan fingerprint density at radius 1 is 1.03 bits per heavy atom. The van der Waals surface area contributed by atoms with E-state index in [0.29, 0.717) is 30.1 Å². The molecule has 2 N–H and O–H groups in total. The van der Waals surface area contributed by atoms with Crippen LogP contribution in [0.5, 0.6) is 0 Å². The lowest BCUT2D eigenvalue weighted by Gasteiger charge is -2.12. The van der Waals surface area contributed by atoms with Crippen molar-refractivity contribution in [1.29, 1.82) is 0 Å². The van der Waals surface area contributed by atoms with E-state index in [0.717, 1.165) is 12.8 Å². The molecule has 1 aliphatic heterocycles. The van der Waals surface area contributed by atoms with E-state index in [4.69, 9.17) is 4.74 Å². The molecule has 0 radical (unpaired) electrons. The number of rotatable bonds is 6. The summed E-state index contributed by atoms with van der Waals surface area (Å²) in [7, 11) is 0. The summed E-state index contributed by atoms with van der Waals surface area (Å²) < 4.78 is 19.9. The Morgan fingerprint density at radius 2 is 1.78 bits per heavy atom. The van der Waals surface area contributed by atoms with Gasteiger partial charge in [0.1, 0.15) is 11.4 Å². The van der Waals surface area contributed by atoms with E-state index in [1.54, 1.807) is 36.5 Å². The van der Waals surface area contributed by atoms with Crippen LogP contribution in [0, 0.1) is 5.82 Å². The van der Waals surface area contributed by atoms with E-state index in [1.807, 2.05) is 0 Å². The van der Waals surface area contributed by atoms with E-state index < -0.39 is 17.3 Å². The SMILES string of the molecule is O=C(Nc1ccc(-n2cccc(C(=O)NCC3CCCO3)c2=O)cc1)c1ccc(F)cc1. The molecule has 1 atom stereocenters. The number of halogens is 1. The smallest absolute Gasteiger partial charge is 0.267 e. The Balaban J connectivity index is 1.46. The van der Waals surface area contributed by atoms with Crippen LogP contribution in [0.3, 0.4) is 0 Å². The number of amides is 2. The first kappa shape index (κ1) is 21.5. The zero-order valence-electron chi connectivity index (χ0n) is 17.2. The molecule has 0 bridgehead atoms. The van der Waals surface area contributed by atoms with Gasteiger partial charge in [0.25, 0.3) is 17.4 Å². The number of benzene rings is 2. The van der Waals surface area contributed by atoms with Gasteiger partial charge in [-0.1, -0.05) is 0 Å². The molecule has 164 valence electrons. The van der Waals surface area contributed by atoms with Crippen LogP contribution < -0.4 is 16.2 Å². The van der Waals surface area contributed by atoms with Crippen molar-refractivity contribution in [3.05, 3.63) is 94.2 Å². The van der Waals surface area contributed by atoms with Crippen LogP contribution in [0.2, 0.25) is 0 Å². The molecule has 1 unspecified atom stereocenters. The fourth-order valence-electron chi connectivity index (χ4n) is 3.49. The molecule has 2 amide bonds. The molecule has 4 rings (SSSR count). The summed E-state index contributed by atoms with van der Waals surface area (Å²) in [5, 5.41) is 5.48. The second-order valence-electron chi connectivity index (χ2n) is 7.45. The van der Waals surface area contributed by atoms with Crippen LogP contribution in [-0.4, -0.2) is 35.6 Å². The van der Waals surface area contributed by atoms with Crippen molar-refractivity contribution in [1.82, 2.24) is 9.88 Å². The number of anilines is 1. The van der Waals surface area contributed by atoms with Crippen molar-refractivity contribution >= 4 is 17.5 Å². The summed E-state index contributed by atoms with van der Waals surface area (Å²) >= 11 is 0. The first-order valence-electron chi connectivity index (χ1n) is 10.3. The molecule has 0 spiro atoms. The molecule has 8 heteroatoms. The molecule has 3 aromatic rings. The lowest BCUT2D eigenvalue weighted by molar-refractivity contribution is 0.0856. The number of aromatic nitrogens is 1. The van der Waals surface area contributed by atoms with Crippen LogP contribution in [0.4, 0.5) is 10.1 Å². The Kier molecular flexibility index (Phi) is 6.42. The Morgan fingerprint density at radius 3 is 2.47 bits per heavy atom. The number of nitrogens with one attached hydrogen (secondary N) is 2. The second-order valence-corrected chi connectivity index (χ2v) is 7.45. The van der Waals surface area contributed by atoms with Gasteiger partial charge in [-0.3, -0.25) is 19.0 Å². The first-order valence-corrected chi connectivity index (χ1v) is 10.3. The lowest BCUT2D eigenvalue weighted by atomic mass is 10.2. The maximum absolute atomic E-state index is 13.0. The van der Waals surface area contributed by atoms with E-state index in [-0.39, 0.29) is 17.6 Å².